The molecule has 0 bridgehead atoms. The van der Waals surface area contributed by atoms with Crippen molar-refractivity contribution < 1.29 is 19.7 Å². The molecule has 1 aromatic carbocycles. The summed E-state index contributed by atoms with van der Waals surface area (Å²) >= 11 is 0. The molecule has 0 saturated heterocycles. The Morgan fingerprint density at radius 2 is 2.28 bits per heavy atom. The molecule has 1 atom stereocenters. The average Bonchev–Trinajstić information content (AvgIpc) is 2.35. The van der Waals surface area contributed by atoms with Gasteiger partial charge in [0.2, 0.25) is 0 Å². The summed E-state index contributed by atoms with van der Waals surface area (Å²) in [5.41, 5.74) is 0.820. The minimum absolute atomic E-state index is 0.140. The van der Waals surface area contributed by atoms with Gasteiger partial charge in [-0.1, -0.05) is 12.2 Å². The minimum atomic E-state index is -0.884. The summed E-state index contributed by atoms with van der Waals surface area (Å²) in [7, 11) is 1.52. The van der Waals surface area contributed by atoms with E-state index in [-0.39, 0.29) is 5.75 Å². The van der Waals surface area contributed by atoms with Gasteiger partial charge in [0.25, 0.3) is 0 Å². The zero-order chi connectivity index (χ0) is 13.5. The van der Waals surface area contributed by atoms with Gasteiger partial charge in [0.05, 0.1) is 7.11 Å². The molecule has 0 aliphatic rings. The predicted octanol–water partition coefficient (Wildman–Crippen LogP) is 1.48. The maximum absolute atomic E-state index is 10.6. The van der Waals surface area contributed by atoms with E-state index in [4.69, 9.17) is 9.84 Å². The van der Waals surface area contributed by atoms with Crippen LogP contribution in [0.25, 0.3) is 6.08 Å². The summed E-state index contributed by atoms with van der Waals surface area (Å²) in [5, 5.41) is 20.8. The van der Waals surface area contributed by atoms with Crippen molar-refractivity contribution in [2.75, 3.05) is 13.7 Å². The SMILES string of the molecule is COc1cc(O)ccc1/C=C/CN[C@@H](C)C(=O)O. The number of aromatic hydroxyl groups is 1. The normalized spacial score (nSPS) is 12.6. The van der Waals surface area contributed by atoms with E-state index >= 15 is 0 Å². The van der Waals surface area contributed by atoms with Gasteiger partial charge in [0.15, 0.2) is 0 Å². The number of phenols is 1. The van der Waals surface area contributed by atoms with Crippen LogP contribution in [0.1, 0.15) is 12.5 Å². The van der Waals surface area contributed by atoms with E-state index in [1.54, 1.807) is 31.2 Å². The monoisotopic (exact) mass is 251 g/mol. The largest absolute Gasteiger partial charge is 0.508 e. The molecule has 0 aliphatic heterocycles. The van der Waals surface area contributed by atoms with Crippen LogP contribution in [0.3, 0.4) is 0 Å². The molecule has 0 saturated carbocycles. The number of aliphatic carboxylic acids is 1. The summed E-state index contributed by atoms with van der Waals surface area (Å²) in [6.45, 7) is 2.02. The molecule has 0 amide bonds. The number of nitrogens with one attached hydrogen (secondary N) is 1. The molecule has 1 rings (SSSR count). The van der Waals surface area contributed by atoms with Crippen LogP contribution in [0.5, 0.6) is 11.5 Å². The molecular weight excluding hydrogens is 234 g/mol. The number of carboxylic acids is 1. The van der Waals surface area contributed by atoms with Crippen LogP contribution in [0.4, 0.5) is 0 Å². The molecule has 0 unspecified atom stereocenters. The van der Waals surface area contributed by atoms with E-state index < -0.39 is 12.0 Å². The number of phenolic OH excluding ortho intramolecular Hbond substituents is 1. The van der Waals surface area contributed by atoms with Crippen molar-refractivity contribution in [1.29, 1.82) is 0 Å². The van der Waals surface area contributed by atoms with E-state index in [1.807, 2.05) is 0 Å². The molecule has 0 aliphatic carbocycles. The van der Waals surface area contributed by atoms with Gasteiger partial charge < -0.3 is 20.3 Å². The van der Waals surface area contributed by atoms with E-state index in [0.29, 0.717) is 12.3 Å². The lowest BCUT2D eigenvalue weighted by Gasteiger charge is -2.07. The van der Waals surface area contributed by atoms with Crippen LogP contribution in [-0.4, -0.2) is 35.9 Å². The second-order valence-corrected chi connectivity index (χ2v) is 3.80. The fraction of sp³-hybridized carbons (Fsp3) is 0.308. The maximum atomic E-state index is 10.6. The standard InChI is InChI=1S/C13H17NO4/c1-9(13(16)17)14-7-3-4-10-5-6-11(15)8-12(10)18-2/h3-6,8-9,14-15H,7H2,1-2H3,(H,16,17)/b4-3+/t9-/m0/s1. The summed E-state index contributed by atoms with van der Waals surface area (Å²) in [6.07, 6.45) is 3.61. The first-order valence-corrected chi connectivity index (χ1v) is 5.54. The molecule has 18 heavy (non-hydrogen) atoms. The van der Waals surface area contributed by atoms with Gasteiger partial charge in [-0.3, -0.25) is 4.79 Å². The number of rotatable bonds is 6. The zero-order valence-corrected chi connectivity index (χ0v) is 10.4. The molecule has 0 spiro atoms. The second kappa shape index (κ2) is 6.66. The number of benzene rings is 1. The number of ether oxygens (including phenoxy) is 1. The first-order valence-electron chi connectivity index (χ1n) is 5.54. The maximum Gasteiger partial charge on any atom is 0.320 e. The average molecular weight is 251 g/mol. The molecule has 98 valence electrons. The van der Waals surface area contributed by atoms with Crippen LogP contribution in [0, 0.1) is 0 Å². The van der Waals surface area contributed by atoms with Gasteiger partial charge in [-0.2, -0.15) is 0 Å². The molecule has 5 heteroatoms. The fourth-order valence-corrected chi connectivity index (χ4v) is 1.36. The van der Waals surface area contributed by atoms with Crippen LogP contribution in [-0.2, 0) is 4.79 Å². The van der Waals surface area contributed by atoms with Crippen molar-refractivity contribution in [2.45, 2.75) is 13.0 Å². The van der Waals surface area contributed by atoms with Gasteiger partial charge in [-0.05, 0) is 19.1 Å². The van der Waals surface area contributed by atoms with Crippen molar-refractivity contribution >= 4 is 12.0 Å². The topological polar surface area (TPSA) is 78.8 Å². The Hall–Kier alpha value is -2.01. The van der Waals surface area contributed by atoms with Crippen molar-refractivity contribution in [3.05, 3.63) is 29.8 Å². The molecule has 1 aromatic rings. The number of methoxy groups -OCH3 is 1. The Morgan fingerprint density at radius 1 is 1.56 bits per heavy atom. The highest BCUT2D eigenvalue weighted by Gasteiger charge is 2.07. The van der Waals surface area contributed by atoms with Crippen molar-refractivity contribution in [2.24, 2.45) is 0 Å². The van der Waals surface area contributed by atoms with E-state index in [1.165, 1.54) is 13.2 Å². The molecule has 0 fully saturated rings. The number of hydrogen-bond donors (Lipinski definition) is 3. The fourth-order valence-electron chi connectivity index (χ4n) is 1.36. The van der Waals surface area contributed by atoms with E-state index in [9.17, 15) is 9.90 Å². The van der Waals surface area contributed by atoms with E-state index in [0.717, 1.165) is 5.56 Å². The number of hydrogen-bond acceptors (Lipinski definition) is 4. The van der Waals surface area contributed by atoms with Crippen LogP contribution in [0.2, 0.25) is 0 Å². The lowest BCUT2D eigenvalue weighted by atomic mass is 10.1. The van der Waals surface area contributed by atoms with Gasteiger partial charge in [0.1, 0.15) is 17.5 Å². The molecule has 5 nitrogen and oxygen atoms in total. The Balaban J connectivity index is 2.59. The smallest absolute Gasteiger partial charge is 0.320 e. The minimum Gasteiger partial charge on any atom is -0.508 e. The quantitative estimate of drug-likeness (QED) is 0.713. The third-order valence-electron chi connectivity index (χ3n) is 2.43. The van der Waals surface area contributed by atoms with Crippen molar-refractivity contribution in [3.8, 4) is 11.5 Å². The number of carboxylic acid groups (broad SMARTS) is 1. The van der Waals surface area contributed by atoms with Crippen LogP contribution < -0.4 is 10.1 Å². The van der Waals surface area contributed by atoms with Gasteiger partial charge in [-0.15, -0.1) is 0 Å². The number of carbonyl (C=O) groups is 1. The molecule has 0 heterocycles. The first-order chi connectivity index (χ1) is 8.54. The van der Waals surface area contributed by atoms with E-state index in [2.05, 4.69) is 5.32 Å². The Morgan fingerprint density at radius 3 is 2.89 bits per heavy atom. The van der Waals surface area contributed by atoms with Crippen molar-refractivity contribution in [3.63, 3.8) is 0 Å². The van der Waals surface area contributed by atoms with Gasteiger partial charge in [0, 0.05) is 18.2 Å². The first kappa shape index (κ1) is 14.1. The van der Waals surface area contributed by atoms with Crippen molar-refractivity contribution in [1.82, 2.24) is 5.32 Å². The highest BCUT2D eigenvalue weighted by atomic mass is 16.5. The molecule has 0 aromatic heterocycles. The van der Waals surface area contributed by atoms with Gasteiger partial charge >= 0.3 is 5.97 Å². The summed E-state index contributed by atoms with van der Waals surface area (Å²) in [6, 6.07) is 4.23. The highest BCUT2D eigenvalue weighted by Crippen LogP contribution is 2.24. The summed E-state index contributed by atoms with van der Waals surface area (Å²) < 4.78 is 5.12. The lowest BCUT2D eigenvalue weighted by molar-refractivity contribution is -0.138. The second-order valence-electron chi connectivity index (χ2n) is 3.80. The van der Waals surface area contributed by atoms with Gasteiger partial charge in [-0.25, -0.2) is 0 Å². The van der Waals surface area contributed by atoms with Crippen LogP contribution in [0.15, 0.2) is 24.3 Å². The van der Waals surface area contributed by atoms with Crippen LogP contribution >= 0.6 is 0 Å². The third kappa shape index (κ3) is 4.10. The summed E-state index contributed by atoms with van der Waals surface area (Å²) in [5.74, 6) is -0.176. The predicted molar refractivity (Wildman–Crippen MR) is 68.8 cm³/mol. The molecule has 0 radical (unpaired) electrons. The lowest BCUT2D eigenvalue weighted by Crippen LogP contribution is -2.33. The Labute approximate surface area is 106 Å². The summed E-state index contributed by atoms with van der Waals surface area (Å²) in [4.78, 5) is 10.6. The Bertz CT molecular complexity index is 443. The highest BCUT2D eigenvalue weighted by molar-refractivity contribution is 5.72. The third-order valence-corrected chi connectivity index (χ3v) is 2.43. The Kier molecular flexibility index (Phi) is 5.20. The molecular formula is C13H17NO4. The molecule has 3 N–H and O–H groups in total. The zero-order valence-electron chi connectivity index (χ0n) is 10.4.